The third-order valence-corrected chi connectivity index (χ3v) is 4.03. The Morgan fingerprint density at radius 3 is 2.60 bits per heavy atom. The number of hydrogen-bond donors (Lipinski definition) is 2. The van der Waals surface area contributed by atoms with Gasteiger partial charge in [-0.05, 0) is 42.8 Å². The van der Waals surface area contributed by atoms with Crippen molar-refractivity contribution >= 4 is 56.4 Å². The molecule has 0 aliphatic heterocycles. The summed E-state index contributed by atoms with van der Waals surface area (Å²) in [6, 6.07) is 8.56. The lowest BCUT2D eigenvalue weighted by Gasteiger charge is -2.11. The maximum Gasteiger partial charge on any atom is 0.257 e. The van der Waals surface area contributed by atoms with Gasteiger partial charge < -0.3 is 11.1 Å². The largest absolute Gasteiger partial charge is 0.399 e. The zero-order valence-electron chi connectivity index (χ0n) is 10.5. The number of carbonyl (C=O) groups excluding carboxylic acids is 1. The first kappa shape index (κ1) is 15.2. The average Bonchev–Trinajstić information content (AvgIpc) is 2.37. The molecule has 0 radical (unpaired) electrons. The second-order valence-electron chi connectivity index (χ2n) is 4.28. The van der Waals surface area contributed by atoms with Gasteiger partial charge >= 0.3 is 0 Å². The molecule has 3 N–H and O–H groups in total. The number of aryl methyl sites for hydroxylation is 1. The molecule has 2 rings (SSSR count). The van der Waals surface area contributed by atoms with Gasteiger partial charge in [0.25, 0.3) is 5.91 Å². The van der Waals surface area contributed by atoms with Crippen LogP contribution in [0, 0.1) is 6.92 Å². The van der Waals surface area contributed by atoms with Crippen molar-refractivity contribution in [1.29, 1.82) is 0 Å². The number of benzene rings is 2. The van der Waals surface area contributed by atoms with Gasteiger partial charge in [0.05, 0.1) is 15.6 Å². The van der Waals surface area contributed by atoms with Crippen molar-refractivity contribution in [1.82, 2.24) is 0 Å². The number of hydrogen-bond acceptors (Lipinski definition) is 2. The molecule has 0 aliphatic carbocycles. The molecule has 0 saturated heterocycles. The Labute approximate surface area is 135 Å². The van der Waals surface area contributed by atoms with E-state index in [0.717, 1.165) is 10.0 Å². The van der Waals surface area contributed by atoms with Gasteiger partial charge in [0, 0.05) is 15.8 Å². The molecule has 3 nitrogen and oxygen atoms in total. The summed E-state index contributed by atoms with van der Waals surface area (Å²) >= 11 is 15.3. The van der Waals surface area contributed by atoms with Gasteiger partial charge in [-0.2, -0.15) is 0 Å². The van der Waals surface area contributed by atoms with Crippen LogP contribution in [0.15, 0.2) is 34.8 Å². The van der Waals surface area contributed by atoms with Crippen LogP contribution in [-0.2, 0) is 0 Å². The van der Waals surface area contributed by atoms with Crippen LogP contribution in [0.5, 0.6) is 0 Å². The summed E-state index contributed by atoms with van der Waals surface area (Å²) < 4.78 is 0.943. The quantitative estimate of drug-likeness (QED) is 0.735. The normalized spacial score (nSPS) is 10.4. The minimum Gasteiger partial charge on any atom is -0.399 e. The van der Waals surface area contributed by atoms with Gasteiger partial charge in [0.2, 0.25) is 0 Å². The molecule has 1 amide bonds. The number of nitrogens with two attached hydrogens (primary N) is 1. The zero-order chi connectivity index (χ0) is 14.9. The molecule has 20 heavy (non-hydrogen) atoms. The summed E-state index contributed by atoms with van der Waals surface area (Å²) in [5, 5.41) is 3.23. The number of anilines is 2. The Morgan fingerprint density at radius 2 is 1.95 bits per heavy atom. The number of carbonyl (C=O) groups is 1. The SMILES string of the molecule is Cc1cc(Br)ccc1NC(=O)c1cc(N)cc(Cl)c1Cl. The fourth-order valence-corrected chi connectivity index (χ4v) is 2.63. The molecule has 104 valence electrons. The zero-order valence-corrected chi connectivity index (χ0v) is 13.6. The van der Waals surface area contributed by atoms with Crippen molar-refractivity contribution in [3.8, 4) is 0 Å². The monoisotopic (exact) mass is 372 g/mol. The summed E-state index contributed by atoms with van der Waals surface area (Å²) in [4.78, 5) is 12.3. The van der Waals surface area contributed by atoms with E-state index in [1.807, 2.05) is 19.1 Å². The standard InChI is InChI=1S/C14H11BrCl2N2O/c1-7-4-8(15)2-3-12(7)19-14(20)10-5-9(18)6-11(16)13(10)17/h2-6H,18H2,1H3,(H,19,20). The van der Waals surface area contributed by atoms with Crippen LogP contribution in [0.2, 0.25) is 10.0 Å². The number of nitrogens with one attached hydrogen (secondary N) is 1. The summed E-state index contributed by atoms with van der Waals surface area (Å²) in [5.41, 5.74) is 7.95. The Hall–Kier alpha value is -1.23. The number of halogens is 3. The minimum absolute atomic E-state index is 0.188. The van der Waals surface area contributed by atoms with Crippen LogP contribution < -0.4 is 11.1 Å². The molecule has 2 aromatic rings. The van der Waals surface area contributed by atoms with E-state index in [-0.39, 0.29) is 21.5 Å². The first-order valence-electron chi connectivity index (χ1n) is 5.70. The van der Waals surface area contributed by atoms with Gasteiger partial charge in [0.15, 0.2) is 0 Å². The van der Waals surface area contributed by atoms with E-state index < -0.39 is 0 Å². The number of rotatable bonds is 2. The Morgan fingerprint density at radius 1 is 1.25 bits per heavy atom. The third-order valence-electron chi connectivity index (χ3n) is 2.73. The van der Waals surface area contributed by atoms with E-state index in [9.17, 15) is 4.79 Å². The first-order chi connectivity index (χ1) is 9.38. The van der Waals surface area contributed by atoms with Gasteiger partial charge in [-0.25, -0.2) is 0 Å². The molecule has 6 heteroatoms. The summed E-state index contributed by atoms with van der Waals surface area (Å²) in [5.74, 6) is -0.352. The van der Waals surface area contributed by atoms with Crippen molar-refractivity contribution in [2.24, 2.45) is 0 Å². The smallest absolute Gasteiger partial charge is 0.257 e. The van der Waals surface area contributed by atoms with Crippen molar-refractivity contribution in [2.45, 2.75) is 6.92 Å². The second kappa shape index (κ2) is 6.04. The van der Waals surface area contributed by atoms with Crippen LogP contribution >= 0.6 is 39.1 Å². The Kier molecular flexibility index (Phi) is 4.58. The molecule has 0 atom stereocenters. The molecular formula is C14H11BrCl2N2O. The van der Waals surface area contributed by atoms with Crippen LogP contribution in [0.3, 0.4) is 0 Å². The number of nitrogen functional groups attached to an aromatic ring is 1. The Bertz CT molecular complexity index is 689. The van der Waals surface area contributed by atoms with Crippen LogP contribution in [0.1, 0.15) is 15.9 Å². The highest BCUT2D eigenvalue weighted by atomic mass is 79.9. The average molecular weight is 374 g/mol. The predicted octanol–water partition coefficient (Wildman–Crippen LogP) is 4.90. The van der Waals surface area contributed by atoms with E-state index in [1.54, 1.807) is 6.07 Å². The molecule has 0 spiro atoms. The van der Waals surface area contributed by atoms with Crippen LogP contribution in [0.4, 0.5) is 11.4 Å². The fraction of sp³-hybridized carbons (Fsp3) is 0.0714. The van der Waals surface area contributed by atoms with Gasteiger partial charge in [0.1, 0.15) is 0 Å². The second-order valence-corrected chi connectivity index (χ2v) is 5.98. The lowest BCUT2D eigenvalue weighted by Crippen LogP contribution is -2.14. The minimum atomic E-state index is -0.352. The van der Waals surface area contributed by atoms with Gasteiger partial charge in [-0.3, -0.25) is 4.79 Å². The van der Waals surface area contributed by atoms with E-state index >= 15 is 0 Å². The Balaban J connectivity index is 2.33. The topological polar surface area (TPSA) is 55.1 Å². The fourth-order valence-electron chi connectivity index (χ4n) is 1.73. The molecule has 0 bridgehead atoms. The van der Waals surface area contributed by atoms with E-state index in [2.05, 4.69) is 21.2 Å². The van der Waals surface area contributed by atoms with Crippen molar-refractivity contribution in [3.63, 3.8) is 0 Å². The van der Waals surface area contributed by atoms with Crippen molar-refractivity contribution < 1.29 is 4.79 Å². The highest BCUT2D eigenvalue weighted by molar-refractivity contribution is 9.10. The molecule has 0 heterocycles. The van der Waals surface area contributed by atoms with E-state index in [4.69, 9.17) is 28.9 Å². The summed E-state index contributed by atoms with van der Waals surface area (Å²) in [6.07, 6.45) is 0. The van der Waals surface area contributed by atoms with Crippen LogP contribution in [0.25, 0.3) is 0 Å². The molecule has 0 saturated carbocycles. The lowest BCUT2D eigenvalue weighted by molar-refractivity contribution is 0.102. The van der Waals surface area contributed by atoms with E-state index in [1.165, 1.54) is 12.1 Å². The molecule has 0 fully saturated rings. The highest BCUT2D eigenvalue weighted by Crippen LogP contribution is 2.29. The molecule has 0 aromatic heterocycles. The third kappa shape index (κ3) is 3.26. The summed E-state index contributed by atoms with van der Waals surface area (Å²) in [6.45, 7) is 1.90. The lowest BCUT2D eigenvalue weighted by atomic mass is 10.1. The first-order valence-corrected chi connectivity index (χ1v) is 7.25. The number of amides is 1. The van der Waals surface area contributed by atoms with Gasteiger partial charge in [-0.15, -0.1) is 0 Å². The summed E-state index contributed by atoms with van der Waals surface area (Å²) in [7, 11) is 0. The van der Waals surface area contributed by atoms with E-state index in [0.29, 0.717) is 11.4 Å². The van der Waals surface area contributed by atoms with Crippen molar-refractivity contribution in [2.75, 3.05) is 11.1 Å². The molecule has 0 unspecified atom stereocenters. The maximum absolute atomic E-state index is 12.3. The molecule has 2 aromatic carbocycles. The maximum atomic E-state index is 12.3. The molecule has 0 aliphatic rings. The highest BCUT2D eigenvalue weighted by Gasteiger charge is 2.15. The van der Waals surface area contributed by atoms with Crippen LogP contribution in [-0.4, -0.2) is 5.91 Å². The van der Waals surface area contributed by atoms with Crippen molar-refractivity contribution in [3.05, 3.63) is 56.0 Å². The molecular weight excluding hydrogens is 363 g/mol. The van der Waals surface area contributed by atoms with Gasteiger partial charge in [-0.1, -0.05) is 39.1 Å². The predicted molar refractivity (Wildman–Crippen MR) is 87.7 cm³/mol.